The van der Waals surface area contributed by atoms with Crippen LogP contribution in [0.15, 0.2) is 18.2 Å². The van der Waals surface area contributed by atoms with Crippen molar-refractivity contribution in [1.82, 2.24) is 10.2 Å². The molecule has 0 bridgehead atoms. The van der Waals surface area contributed by atoms with Crippen LogP contribution in [-0.2, 0) is 6.54 Å². The van der Waals surface area contributed by atoms with Crippen LogP contribution < -0.4 is 5.32 Å². The van der Waals surface area contributed by atoms with Gasteiger partial charge in [0.15, 0.2) is 0 Å². The molecule has 0 aliphatic carbocycles. The second-order valence-electron chi connectivity index (χ2n) is 5.07. The fourth-order valence-corrected chi connectivity index (χ4v) is 2.99. The summed E-state index contributed by atoms with van der Waals surface area (Å²) in [5.74, 6) is 0.454. The first-order chi connectivity index (χ1) is 8.24. The number of rotatable bonds is 2. The first kappa shape index (κ1) is 11.1. The molecule has 1 N–H and O–H groups in total. The Hall–Kier alpha value is -1.00. The number of nitrogens with one attached hydrogen (secondary N) is 1. The summed E-state index contributed by atoms with van der Waals surface area (Å²) in [6.45, 7) is 4.38. The van der Waals surface area contributed by atoms with Crippen molar-refractivity contribution >= 4 is 0 Å². The minimum Gasteiger partial charge on any atom is -0.316 e. The highest BCUT2D eigenvalue weighted by atomic mass is 19.1. The average molecular weight is 238 g/mol. The van der Waals surface area contributed by atoms with Crippen LogP contribution in [0.25, 0.3) is 0 Å². The van der Waals surface area contributed by atoms with Crippen molar-refractivity contribution in [2.75, 3.05) is 26.2 Å². The number of likely N-dealkylation sites (tertiary alicyclic amines) is 1. The zero-order valence-corrected chi connectivity index (χ0v) is 9.63. The Morgan fingerprint density at radius 1 is 1.12 bits per heavy atom. The van der Waals surface area contributed by atoms with Crippen molar-refractivity contribution in [2.45, 2.75) is 6.54 Å². The van der Waals surface area contributed by atoms with Gasteiger partial charge in [0.1, 0.15) is 11.6 Å². The molecule has 0 amide bonds. The Bertz CT molecular complexity index is 390. The van der Waals surface area contributed by atoms with Gasteiger partial charge in [-0.3, -0.25) is 4.90 Å². The Kier molecular flexibility index (Phi) is 2.84. The molecule has 17 heavy (non-hydrogen) atoms. The van der Waals surface area contributed by atoms with E-state index in [1.54, 1.807) is 0 Å². The van der Waals surface area contributed by atoms with Gasteiger partial charge in [0.2, 0.25) is 0 Å². The van der Waals surface area contributed by atoms with Crippen LogP contribution >= 0.6 is 0 Å². The van der Waals surface area contributed by atoms with Gasteiger partial charge in [0, 0.05) is 25.2 Å². The van der Waals surface area contributed by atoms with Gasteiger partial charge in [0.25, 0.3) is 0 Å². The third-order valence-corrected chi connectivity index (χ3v) is 3.91. The molecular formula is C13H16F2N2. The van der Waals surface area contributed by atoms with Crippen molar-refractivity contribution in [1.29, 1.82) is 0 Å². The van der Waals surface area contributed by atoms with Crippen LogP contribution in [0.5, 0.6) is 0 Å². The molecule has 2 saturated heterocycles. The van der Waals surface area contributed by atoms with Crippen LogP contribution in [0.1, 0.15) is 5.56 Å². The van der Waals surface area contributed by atoms with E-state index < -0.39 is 11.6 Å². The summed E-state index contributed by atoms with van der Waals surface area (Å²) in [7, 11) is 0. The van der Waals surface area contributed by atoms with E-state index in [2.05, 4.69) is 10.2 Å². The van der Waals surface area contributed by atoms with E-state index in [0.717, 1.165) is 26.2 Å². The van der Waals surface area contributed by atoms with E-state index in [-0.39, 0.29) is 5.56 Å². The molecule has 1 aromatic carbocycles. The Morgan fingerprint density at radius 3 is 2.29 bits per heavy atom. The third-order valence-electron chi connectivity index (χ3n) is 3.91. The van der Waals surface area contributed by atoms with Crippen LogP contribution in [0.4, 0.5) is 8.78 Å². The molecule has 0 saturated carbocycles. The average Bonchev–Trinajstić information content (AvgIpc) is 2.83. The Labute approximate surface area is 99.6 Å². The van der Waals surface area contributed by atoms with E-state index >= 15 is 0 Å². The quantitative estimate of drug-likeness (QED) is 0.842. The van der Waals surface area contributed by atoms with E-state index in [1.807, 2.05) is 0 Å². The minimum atomic E-state index is -0.430. The topological polar surface area (TPSA) is 15.3 Å². The summed E-state index contributed by atoms with van der Waals surface area (Å²) in [5, 5.41) is 3.36. The molecule has 3 rings (SSSR count). The number of fused-ring (bicyclic) bond motifs is 1. The lowest BCUT2D eigenvalue weighted by molar-refractivity contribution is 0.295. The van der Waals surface area contributed by atoms with Crippen molar-refractivity contribution in [2.24, 2.45) is 11.8 Å². The summed E-state index contributed by atoms with van der Waals surface area (Å²) in [5.41, 5.74) is 0.209. The normalized spacial score (nSPS) is 28.6. The maximum absolute atomic E-state index is 13.5. The van der Waals surface area contributed by atoms with Crippen molar-refractivity contribution in [3.05, 3.63) is 35.4 Å². The van der Waals surface area contributed by atoms with E-state index in [9.17, 15) is 8.78 Å². The fourth-order valence-electron chi connectivity index (χ4n) is 2.99. The van der Waals surface area contributed by atoms with Crippen LogP contribution in [0, 0.1) is 23.5 Å². The summed E-state index contributed by atoms with van der Waals surface area (Å²) in [6, 6.07) is 4.07. The van der Waals surface area contributed by atoms with Gasteiger partial charge in [-0.25, -0.2) is 8.78 Å². The van der Waals surface area contributed by atoms with Gasteiger partial charge in [-0.2, -0.15) is 0 Å². The second kappa shape index (κ2) is 4.35. The maximum Gasteiger partial charge on any atom is 0.130 e. The highest BCUT2D eigenvalue weighted by Gasteiger charge is 2.36. The smallest absolute Gasteiger partial charge is 0.130 e. The molecule has 0 radical (unpaired) electrons. The molecule has 2 heterocycles. The highest BCUT2D eigenvalue weighted by molar-refractivity contribution is 5.19. The standard InChI is InChI=1S/C13H16F2N2/c14-12-2-1-3-13(15)11(12)8-17-6-9-4-16-5-10(9)7-17/h1-3,9-10,16H,4-8H2/t9-,10+. The first-order valence-corrected chi connectivity index (χ1v) is 6.10. The van der Waals surface area contributed by atoms with Crippen LogP contribution in [-0.4, -0.2) is 31.1 Å². The number of hydrogen-bond acceptors (Lipinski definition) is 2. The second-order valence-corrected chi connectivity index (χ2v) is 5.07. The van der Waals surface area contributed by atoms with Crippen LogP contribution in [0.3, 0.4) is 0 Å². The zero-order valence-electron chi connectivity index (χ0n) is 9.63. The molecule has 2 aliphatic rings. The van der Waals surface area contributed by atoms with Gasteiger partial charge in [0.05, 0.1) is 0 Å². The Morgan fingerprint density at radius 2 is 1.71 bits per heavy atom. The monoisotopic (exact) mass is 238 g/mol. The third kappa shape index (κ3) is 2.07. The lowest BCUT2D eigenvalue weighted by Crippen LogP contribution is -2.26. The van der Waals surface area contributed by atoms with Crippen LogP contribution in [0.2, 0.25) is 0 Å². The SMILES string of the molecule is Fc1cccc(F)c1CN1C[C@H]2CNC[C@H]2C1. The molecule has 4 heteroatoms. The van der Waals surface area contributed by atoms with Gasteiger partial charge < -0.3 is 5.32 Å². The lowest BCUT2D eigenvalue weighted by Gasteiger charge is -2.17. The first-order valence-electron chi connectivity index (χ1n) is 6.10. The summed E-state index contributed by atoms with van der Waals surface area (Å²) < 4.78 is 27.0. The summed E-state index contributed by atoms with van der Waals surface area (Å²) in [4.78, 5) is 2.16. The molecular weight excluding hydrogens is 222 g/mol. The van der Waals surface area contributed by atoms with Crippen molar-refractivity contribution < 1.29 is 8.78 Å². The van der Waals surface area contributed by atoms with E-state index in [4.69, 9.17) is 0 Å². The predicted molar refractivity (Wildman–Crippen MR) is 61.5 cm³/mol. The molecule has 0 spiro atoms. The van der Waals surface area contributed by atoms with E-state index in [0.29, 0.717) is 18.4 Å². The minimum absolute atomic E-state index is 0.209. The molecule has 0 aromatic heterocycles. The number of hydrogen-bond donors (Lipinski definition) is 1. The van der Waals surface area contributed by atoms with Gasteiger partial charge >= 0.3 is 0 Å². The fraction of sp³-hybridized carbons (Fsp3) is 0.538. The largest absolute Gasteiger partial charge is 0.316 e. The molecule has 92 valence electrons. The van der Waals surface area contributed by atoms with Gasteiger partial charge in [-0.1, -0.05) is 6.07 Å². The highest BCUT2D eigenvalue weighted by Crippen LogP contribution is 2.28. The maximum atomic E-state index is 13.5. The molecule has 2 nitrogen and oxygen atoms in total. The molecule has 2 fully saturated rings. The van der Waals surface area contributed by atoms with Gasteiger partial charge in [-0.05, 0) is 37.1 Å². The van der Waals surface area contributed by atoms with E-state index in [1.165, 1.54) is 18.2 Å². The zero-order chi connectivity index (χ0) is 11.8. The molecule has 2 atom stereocenters. The number of halogens is 2. The lowest BCUT2D eigenvalue weighted by atomic mass is 10.0. The van der Waals surface area contributed by atoms with Gasteiger partial charge in [-0.15, -0.1) is 0 Å². The van der Waals surface area contributed by atoms with Crippen molar-refractivity contribution in [3.8, 4) is 0 Å². The Balaban J connectivity index is 1.72. The predicted octanol–water partition coefficient (Wildman–Crippen LogP) is 1.62. The summed E-state index contributed by atoms with van der Waals surface area (Å²) in [6.07, 6.45) is 0. The molecule has 1 aromatic rings. The number of nitrogens with zero attached hydrogens (tertiary/aromatic N) is 1. The van der Waals surface area contributed by atoms with Crippen molar-refractivity contribution in [3.63, 3.8) is 0 Å². The molecule has 0 unspecified atom stereocenters. The number of benzene rings is 1. The summed E-state index contributed by atoms with van der Waals surface area (Å²) >= 11 is 0. The molecule has 2 aliphatic heterocycles.